The zero-order chi connectivity index (χ0) is 18.2. The molecule has 0 bridgehead atoms. The first-order valence-electron chi connectivity index (χ1n) is 9.13. The highest BCUT2D eigenvalue weighted by atomic mass is 16.5. The number of hydrogen-bond acceptors (Lipinski definition) is 4. The van der Waals surface area contributed by atoms with E-state index in [2.05, 4.69) is 5.32 Å². The molecule has 0 aromatic heterocycles. The molecule has 5 nitrogen and oxygen atoms in total. The Balaban J connectivity index is 1.44. The maximum absolute atomic E-state index is 12.3. The Labute approximate surface area is 154 Å². The number of para-hydroxylation sites is 3. The van der Waals surface area contributed by atoms with E-state index in [9.17, 15) is 4.79 Å². The van der Waals surface area contributed by atoms with E-state index in [1.807, 2.05) is 55.5 Å². The average molecular weight is 355 g/mol. The first-order valence-corrected chi connectivity index (χ1v) is 9.13. The normalized spacial score (nSPS) is 15.5. The number of benzene rings is 2. The van der Waals surface area contributed by atoms with Crippen LogP contribution in [0.4, 0.5) is 0 Å². The molecular weight excluding hydrogens is 330 g/mol. The fourth-order valence-corrected chi connectivity index (χ4v) is 3.02. The number of hydrogen-bond donors (Lipinski definition) is 1. The molecule has 26 heavy (non-hydrogen) atoms. The van der Waals surface area contributed by atoms with E-state index in [-0.39, 0.29) is 11.9 Å². The predicted molar refractivity (Wildman–Crippen MR) is 99.8 cm³/mol. The van der Waals surface area contributed by atoms with Crippen LogP contribution in [0.1, 0.15) is 37.8 Å². The summed E-state index contributed by atoms with van der Waals surface area (Å²) in [5.74, 6) is 2.35. The van der Waals surface area contributed by atoms with Crippen molar-refractivity contribution in [2.75, 3.05) is 19.8 Å². The molecule has 0 radical (unpaired) electrons. The molecule has 1 heterocycles. The van der Waals surface area contributed by atoms with Crippen LogP contribution in [-0.2, 0) is 4.79 Å². The Morgan fingerprint density at radius 3 is 2.65 bits per heavy atom. The highest BCUT2D eigenvalue weighted by Gasteiger charge is 2.22. The second-order valence-electron chi connectivity index (χ2n) is 6.13. The van der Waals surface area contributed by atoms with Crippen molar-refractivity contribution in [3.8, 4) is 17.2 Å². The van der Waals surface area contributed by atoms with Gasteiger partial charge in [-0.3, -0.25) is 4.79 Å². The molecule has 1 amide bonds. The smallest absolute Gasteiger partial charge is 0.220 e. The zero-order valence-electron chi connectivity index (χ0n) is 15.1. The summed E-state index contributed by atoms with van der Waals surface area (Å²) < 4.78 is 16.9. The third-order valence-electron chi connectivity index (χ3n) is 4.25. The Morgan fingerprint density at radius 2 is 1.85 bits per heavy atom. The molecule has 0 spiro atoms. The predicted octanol–water partition coefficient (Wildman–Crippen LogP) is 3.88. The van der Waals surface area contributed by atoms with Crippen molar-refractivity contribution in [2.24, 2.45) is 0 Å². The summed E-state index contributed by atoms with van der Waals surface area (Å²) in [4.78, 5) is 12.3. The lowest BCUT2D eigenvalue weighted by atomic mass is 10.0. The maximum Gasteiger partial charge on any atom is 0.220 e. The van der Waals surface area contributed by atoms with Crippen molar-refractivity contribution >= 4 is 5.91 Å². The Kier molecular flexibility index (Phi) is 6.36. The van der Waals surface area contributed by atoms with Gasteiger partial charge in [0.2, 0.25) is 5.91 Å². The number of amides is 1. The molecule has 5 heteroatoms. The monoisotopic (exact) mass is 355 g/mol. The summed E-state index contributed by atoms with van der Waals surface area (Å²) in [5, 5.41) is 3.11. The third-order valence-corrected chi connectivity index (χ3v) is 4.25. The summed E-state index contributed by atoms with van der Waals surface area (Å²) >= 11 is 0. The maximum atomic E-state index is 12.3. The van der Waals surface area contributed by atoms with Crippen LogP contribution < -0.4 is 19.5 Å². The second-order valence-corrected chi connectivity index (χ2v) is 6.13. The van der Waals surface area contributed by atoms with E-state index < -0.39 is 0 Å². The number of carbonyl (C=O) groups excluding carboxylic acids is 1. The second kappa shape index (κ2) is 9.13. The average Bonchev–Trinajstić information content (AvgIpc) is 2.67. The van der Waals surface area contributed by atoms with Gasteiger partial charge in [-0.05, 0) is 31.5 Å². The fraction of sp³-hybridized carbons (Fsp3) is 0.381. The quantitative estimate of drug-likeness (QED) is 0.730. The van der Waals surface area contributed by atoms with Gasteiger partial charge in [0.15, 0.2) is 11.5 Å². The number of fused-ring (bicyclic) bond motifs is 1. The van der Waals surface area contributed by atoms with Gasteiger partial charge in [-0.1, -0.05) is 30.3 Å². The molecule has 1 aliphatic rings. The van der Waals surface area contributed by atoms with Gasteiger partial charge >= 0.3 is 0 Å². The van der Waals surface area contributed by atoms with Gasteiger partial charge in [0, 0.05) is 18.4 Å². The van der Waals surface area contributed by atoms with Crippen LogP contribution in [0, 0.1) is 0 Å². The minimum Gasteiger partial charge on any atom is -0.493 e. The molecule has 1 aliphatic heterocycles. The molecule has 138 valence electrons. The number of carbonyl (C=O) groups is 1. The van der Waals surface area contributed by atoms with Gasteiger partial charge in [-0.2, -0.15) is 0 Å². The largest absolute Gasteiger partial charge is 0.493 e. The number of rotatable bonds is 8. The highest BCUT2D eigenvalue weighted by molar-refractivity contribution is 5.76. The Hall–Kier alpha value is -2.69. The van der Waals surface area contributed by atoms with Crippen molar-refractivity contribution in [1.29, 1.82) is 0 Å². The van der Waals surface area contributed by atoms with E-state index in [1.165, 1.54) is 0 Å². The molecule has 0 unspecified atom stereocenters. The molecule has 2 aromatic carbocycles. The summed E-state index contributed by atoms with van der Waals surface area (Å²) in [7, 11) is 0. The van der Waals surface area contributed by atoms with E-state index in [0.29, 0.717) is 38.4 Å². The molecule has 1 atom stereocenters. The van der Waals surface area contributed by atoms with Gasteiger partial charge in [-0.25, -0.2) is 0 Å². The summed E-state index contributed by atoms with van der Waals surface area (Å²) in [6, 6.07) is 15.5. The molecule has 1 N–H and O–H groups in total. The van der Waals surface area contributed by atoms with Crippen LogP contribution in [0.3, 0.4) is 0 Å². The first-order chi connectivity index (χ1) is 12.8. The lowest BCUT2D eigenvalue weighted by molar-refractivity contribution is -0.122. The van der Waals surface area contributed by atoms with Gasteiger partial charge in [0.1, 0.15) is 5.75 Å². The van der Waals surface area contributed by atoms with Gasteiger partial charge in [0.25, 0.3) is 0 Å². The van der Waals surface area contributed by atoms with Crippen LogP contribution in [-0.4, -0.2) is 25.7 Å². The number of ether oxygens (including phenoxy) is 3. The van der Waals surface area contributed by atoms with Crippen LogP contribution >= 0.6 is 0 Å². The zero-order valence-corrected chi connectivity index (χ0v) is 15.1. The summed E-state index contributed by atoms with van der Waals surface area (Å²) in [6.45, 7) is 3.63. The van der Waals surface area contributed by atoms with Crippen LogP contribution in [0.2, 0.25) is 0 Å². The van der Waals surface area contributed by atoms with E-state index in [0.717, 1.165) is 23.5 Å². The van der Waals surface area contributed by atoms with E-state index >= 15 is 0 Å². The van der Waals surface area contributed by atoms with Crippen molar-refractivity contribution in [3.05, 3.63) is 54.1 Å². The molecule has 0 saturated heterocycles. The lowest BCUT2D eigenvalue weighted by Crippen LogP contribution is -2.32. The van der Waals surface area contributed by atoms with E-state index in [4.69, 9.17) is 14.2 Å². The summed E-state index contributed by atoms with van der Waals surface area (Å²) in [5.41, 5.74) is 1.05. The van der Waals surface area contributed by atoms with Crippen molar-refractivity contribution < 1.29 is 19.0 Å². The van der Waals surface area contributed by atoms with Crippen LogP contribution in [0.5, 0.6) is 17.2 Å². The summed E-state index contributed by atoms with van der Waals surface area (Å²) in [6.07, 6.45) is 1.87. The van der Waals surface area contributed by atoms with Gasteiger partial charge in [-0.15, -0.1) is 0 Å². The minimum absolute atomic E-state index is 0.0204. The molecule has 3 rings (SSSR count). The molecule has 0 aliphatic carbocycles. The van der Waals surface area contributed by atoms with Gasteiger partial charge in [0.05, 0.1) is 25.9 Å². The molecule has 0 saturated carbocycles. The molecule has 0 fully saturated rings. The molecule has 2 aromatic rings. The van der Waals surface area contributed by atoms with E-state index in [1.54, 1.807) is 0 Å². The highest BCUT2D eigenvalue weighted by Crippen LogP contribution is 2.31. The number of nitrogens with one attached hydrogen (secondary N) is 1. The fourth-order valence-electron chi connectivity index (χ4n) is 3.02. The van der Waals surface area contributed by atoms with Crippen LogP contribution in [0.15, 0.2) is 48.5 Å². The van der Waals surface area contributed by atoms with Crippen molar-refractivity contribution in [2.45, 2.75) is 32.2 Å². The topological polar surface area (TPSA) is 56.8 Å². The third kappa shape index (κ3) is 4.69. The van der Waals surface area contributed by atoms with Crippen molar-refractivity contribution in [1.82, 2.24) is 5.32 Å². The van der Waals surface area contributed by atoms with Crippen molar-refractivity contribution in [3.63, 3.8) is 0 Å². The SMILES string of the molecule is CCOc1ccccc1OCCCC(=O)N[C@@H]1CCOc2ccccc21. The standard InChI is InChI=1S/C21H25NO4/c1-2-24-19-10-5-6-11-20(19)25-14-7-12-21(23)22-17-13-15-26-18-9-4-3-8-16(17)18/h3-6,8-11,17H,2,7,12-15H2,1H3,(H,22,23)/t17-/m1/s1. The van der Waals surface area contributed by atoms with Gasteiger partial charge < -0.3 is 19.5 Å². The minimum atomic E-state index is 0.0204. The first kappa shape index (κ1) is 18.1. The van der Waals surface area contributed by atoms with Crippen LogP contribution in [0.25, 0.3) is 0 Å². The lowest BCUT2D eigenvalue weighted by Gasteiger charge is -2.26. The Bertz CT molecular complexity index is 731. The Morgan fingerprint density at radius 1 is 1.12 bits per heavy atom. The molecular formula is C21H25NO4.